The zero-order chi connectivity index (χ0) is 15.8. The minimum atomic E-state index is -0.369. The fourth-order valence-corrected chi connectivity index (χ4v) is 2.42. The van der Waals surface area contributed by atoms with Gasteiger partial charge in [-0.1, -0.05) is 0 Å². The van der Waals surface area contributed by atoms with Crippen LogP contribution in [0.5, 0.6) is 0 Å². The van der Waals surface area contributed by atoms with Gasteiger partial charge in [0, 0.05) is 24.6 Å². The number of piperidine rings is 1. The second kappa shape index (κ2) is 8.48. The molecule has 0 atom stereocenters. The minimum Gasteiger partial charge on any atom is -0.353 e. The van der Waals surface area contributed by atoms with Gasteiger partial charge in [0.15, 0.2) is 0 Å². The van der Waals surface area contributed by atoms with Crippen LogP contribution in [-0.4, -0.2) is 37.5 Å². The predicted molar refractivity (Wildman–Crippen MR) is 82.0 cm³/mol. The molecule has 0 unspecified atom stereocenters. The second-order valence-electron chi connectivity index (χ2n) is 5.46. The van der Waals surface area contributed by atoms with Crippen LogP contribution < -0.4 is 16.0 Å². The van der Waals surface area contributed by atoms with E-state index in [2.05, 4.69) is 16.0 Å². The Bertz CT molecular complexity index is 499. The molecule has 1 aromatic rings. The normalized spacial score (nSPS) is 15.3. The number of carbonyl (C=O) groups is 2. The summed E-state index contributed by atoms with van der Waals surface area (Å²) in [4.78, 5) is 23.6. The van der Waals surface area contributed by atoms with E-state index in [1.165, 1.54) is 24.3 Å². The largest absolute Gasteiger partial charge is 0.353 e. The standard InChI is InChI=1S/C16H22FN3O2/c17-13-5-3-12(4-6-13)16(22)19-9-1-2-15(21)20-14-7-10-18-11-8-14/h3-6,14,18H,1-2,7-11H2,(H,19,22)(H,20,21). The minimum absolute atomic E-state index is 0.0305. The highest BCUT2D eigenvalue weighted by Crippen LogP contribution is 2.04. The van der Waals surface area contributed by atoms with Crippen LogP contribution in [0.25, 0.3) is 0 Å². The fourth-order valence-electron chi connectivity index (χ4n) is 2.42. The van der Waals surface area contributed by atoms with Gasteiger partial charge < -0.3 is 16.0 Å². The van der Waals surface area contributed by atoms with Gasteiger partial charge in [0.25, 0.3) is 5.91 Å². The van der Waals surface area contributed by atoms with E-state index >= 15 is 0 Å². The quantitative estimate of drug-likeness (QED) is 0.692. The van der Waals surface area contributed by atoms with Crippen molar-refractivity contribution in [3.63, 3.8) is 0 Å². The first-order chi connectivity index (χ1) is 10.6. The Labute approximate surface area is 129 Å². The maximum Gasteiger partial charge on any atom is 0.251 e. The first-order valence-electron chi connectivity index (χ1n) is 7.69. The molecule has 1 aliphatic rings. The molecule has 2 amide bonds. The van der Waals surface area contributed by atoms with Gasteiger partial charge in [-0.2, -0.15) is 0 Å². The van der Waals surface area contributed by atoms with Gasteiger partial charge >= 0.3 is 0 Å². The van der Waals surface area contributed by atoms with Crippen molar-refractivity contribution in [1.82, 2.24) is 16.0 Å². The van der Waals surface area contributed by atoms with Gasteiger partial charge in [-0.05, 0) is 56.6 Å². The molecule has 22 heavy (non-hydrogen) atoms. The van der Waals surface area contributed by atoms with Crippen LogP contribution in [0.15, 0.2) is 24.3 Å². The van der Waals surface area contributed by atoms with E-state index in [1.54, 1.807) is 0 Å². The van der Waals surface area contributed by atoms with Crippen LogP contribution in [0.3, 0.4) is 0 Å². The molecule has 1 heterocycles. The molecule has 120 valence electrons. The highest BCUT2D eigenvalue weighted by Gasteiger charge is 2.14. The van der Waals surface area contributed by atoms with Crippen LogP contribution >= 0.6 is 0 Å². The van der Waals surface area contributed by atoms with Gasteiger partial charge in [0.2, 0.25) is 5.91 Å². The maximum atomic E-state index is 12.8. The number of hydrogen-bond acceptors (Lipinski definition) is 3. The number of halogens is 1. The lowest BCUT2D eigenvalue weighted by molar-refractivity contribution is -0.122. The number of nitrogens with one attached hydrogen (secondary N) is 3. The Kier molecular flexibility index (Phi) is 6.33. The molecule has 0 spiro atoms. The Morgan fingerprint density at radius 1 is 1.18 bits per heavy atom. The van der Waals surface area contributed by atoms with E-state index in [-0.39, 0.29) is 23.7 Å². The van der Waals surface area contributed by atoms with Crippen LogP contribution in [0, 0.1) is 5.82 Å². The lowest BCUT2D eigenvalue weighted by Crippen LogP contribution is -2.42. The van der Waals surface area contributed by atoms with Gasteiger partial charge in [-0.25, -0.2) is 4.39 Å². The Balaban J connectivity index is 1.61. The van der Waals surface area contributed by atoms with Crippen LogP contribution in [0.2, 0.25) is 0 Å². The number of amides is 2. The number of rotatable bonds is 6. The number of benzene rings is 1. The molecule has 0 saturated carbocycles. The van der Waals surface area contributed by atoms with Gasteiger partial charge in [-0.3, -0.25) is 9.59 Å². The van der Waals surface area contributed by atoms with Crippen molar-refractivity contribution >= 4 is 11.8 Å². The molecule has 1 fully saturated rings. The van der Waals surface area contributed by atoms with E-state index in [0.717, 1.165) is 25.9 Å². The van der Waals surface area contributed by atoms with Crippen LogP contribution in [0.1, 0.15) is 36.0 Å². The van der Waals surface area contributed by atoms with Crippen molar-refractivity contribution in [3.8, 4) is 0 Å². The summed E-state index contributed by atoms with van der Waals surface area (Å²) in [7, 11) is 0. The molecule has 0 radical (unpaired) electrons. The van der Waals surface area contributed by atoms with Crippen molar-refractivity contribution in [1.29, 1.82) is 0 Å². The molecule has 1 saturated heterocycles. The van der Waals surface area contributed by atoms with Gasteiger partial charge in [0.1, 0.15) is 5.82 Å². The summed E-state index contributed by atoms with van der Waals surface area (Å²) in [5.41, 5.74) is 0.417. The third-order valence-corrected chi connectivity index (χ3v) is 3.68. The highest BCUT2D eigenvalue weighted by molar-refractivity contribution is 5.94. The van der Waals surface area contributed by atoms with Crippen molar-refractivity contribution < 1.29 is 14.0 Å². The monoisotopic (exact) mass is 307 g/mol. The summed E-state index contributed by atoms with van der Waals surface area (Å²) < 4.78 is 12.8. The van der Waals surface area contributed by atoms with Crippen molar-refractivity contribution in [2.24, 2.45) is 0 Å². The van der Waals surface area contributed by atoms with Gasteiger partial charge in [-0.15, -0.1) is 0 Å². The summed E-state index contributed by atoms with van der Waals surface area (Å²) in [5, 5.41) is 8.99. The Morgan fingerprint density at radius 3 is 2.55 bits per heavy atom. The third-order valence-electron chi connectivity index (χ3n) is 3.68. The first-order valence-corrected chi connectivity index (χ1v) is 7.69. The van der Waals surface area contributed by atoms with Crippen molar-refractivity contribution in [2.75, 3.05) is 19.6 Å². The summed E-state index contributed by atoms with van der Waals surface area (Å²) in [6, 6.07) is 5.65. The SMILES string of the molecule is O=C(CCCNC(=O)c1ccc(F)cc1)NC1CCNCC1. The molecule has 0 aromatic heterocycles. The van der Waals surface area contributed by atoms with Crippen molar-refractivity contribution in [2.45, 2.75) is 31.7 Å². The van der Waals surface area contributed by atoms with E-state index in [4.69, 9.17) is 0 Å². The van der Waals surface area contributed by atoms with Crippen LogP contribution in [0.4, 0.5) is 4.39 Å². The Morgan fingerprint density at radius 2 is 1.86 bits per heavy atom. The second-order valence-corrected chi connectivity index (χ2v) is 5.46. The topological polar surface area (TPSA) is 70.2 Å². The average molecular weight is 307 g/mol. The van der Waals surface area contributed by atoms with Gasteiger partial charge in [0.05, 0.1) is 0 Å². The molecule has 3 N–H and O–H groups in total. The summed E-state index contributed by atoms with van der Waals surface area (Å²) in [6.45, 7) is 2.31. The molecule has 5 nitrogen and oxygen atoms in total. The smallest absolute Gasteiger partial charge is 0.251 e. The molecular formula is C16H22FN3O2. The zero-order valence-electron chi connectivity index (χ0n) is 12.5. The lowest BCUT2D eigenvalue weighted by Gasteiger charge is -2.23. The molecular weight excluding hydrogens is 285 g/mol. The van der Waals surface area contributed by atoms with Crippen molar-refractivity contribution in [3.05, 3.63) is 35.6 Å². The molecule has 1 aliphatic heterocycles. The summed E-state index contributed by atoms with van der Waals surface area (Å²) >= 11 is 0. The number of hydrogen-bond donors (Lipinski definition) is 3. The van der Waals surface area contributed by atoms with E-state index in [9.17, 15) is 14.0 Å². The first kappa shape index (κ1) is 16.4. The average Bonchev–Trinajstić information content (AvgIpc) is 2.53. The molecule has 2 rings (SSSR count). The zero-order valence-corrected chi connectivity index (χ0v) is 12.5. The van der Waals surface area contributed by atoms with E-state index in [1.807, 2.05) is 0 Å². The highest BCUT2D eigenvalue weighted by atomic mass is 19.1. The summed E-state index contributed by atoms with van der Waals surface area (Å²) in [6.07, 6.45) is 2.91. The molecule has 1 aromatic carbocycles. The van der Waals surface area contributed by atoms with Crippen LogP contribution in [-0.2, 0) is 4.79 Å². The summed E-state index contributed by atoms with van der Waals surface area (Å²) in [5.74, 6) is -0.590. The number of carbonyl (C=O) groups excluding carboxylic acids is 2. The predicted octanol–water partition coefficient (Wildman–Crippen LogP) is 1.20. The molecule has 6 heteroatoms. The maximum absolute atomic E-state index is 12.8. The molecule has 0 bridgehead atoms. The third kappa shape index (κ3) is 5.44. The molecule has 0 aliphatic carbocycles. The van der Waals surface area contributed by atoms with E-state index in [0.29, 0.717) is 24.9 Å². The lowest BCUT2D eigenvalue weighted by atomic mass is 10.1. The Hall–Kier alpha value is -1.95. The fraction of sp³-hybridized carbons (Fsp3) is 0.500. The van der Waals surface area contributed by atoms with E-state index < -0.39 is 0 Å².